The van der Waals surface area contributed by atoms with Crippen LogP contribution in [0.2, 0.25) is 0 Å². The van der Waals surface area contributed by atoms with E-state index < -0.39 is 24.8 Å². The number of hydrogen-bond donors (Lipinski definition) is 0. The second kappa shape index (κ2) is 7.66. The molecule has 7 heteroatoms. The predicted octanol–water partition coefficient (Wildman–Crippen LogP) is 4.63. The number of halogens is 3. The molecular formula is C18H12BF3O3. The van der Waals surface area contributed by atoms with Gasteiger partial charge in [-0.25, -0.2) is 13.2 Å². The van der Waals surface area contributed by atoms with Gasteiger partial charge in [0.25, 0.3) is 0 Å². The van der Waals surface area contributed by atoms with Crippen LogP contribution >= 0.6 is 0 Å². The fourth-order valence-corrected chi connectivity index (χ4v) is 1.94. The molecule has 0 saturated heterocycles. The molecule has 3 aromatic carbocycles. The average Bonchev–Trinajstić information content (AvgIpc) is 2.61. The van der Waals surface area contributed by atoms with Crippen LogP contribution in [0.15, 0.2) is 72.8 Å². The second-order valence-corrected chi connectivity index (χ2v) is 5.00. The summed E-state index contributed by atoms with van der Waals surface area (Å²) in [6, 6.07) is 15.8. The predicted molar refractivity (Wildman–Crippen MR) is 86.8 cm³/mol. The van der Waals surface area contributed by atoms with Crippen molar-refractivity contribution in [1.82, 2.24) is 0 Å². The van der Waals surface area contributed by atoms with Gasteiger partial charge in [-0.05, 0) is 72.8 Å². The third-order valence-corrected chi connectivity index (χ3v) is 3.14. The maximum absolute atomic E-state index is 13.0. The van der Waals surface area contributed by atoms with Crippen molar-refractivity contribution in [3.8, 4) is 17.2 Å². The molecule has 25 heavy (non-hydrogen) atoms. The summed E-state index contributed by atoms with van der Waals surface area (Å²) in [7, 11) is -1.25. The van der Waals surface area contributed by atoms with Crippen molar-refractivity contribution in [3.63, 3.8) is 0 Å². The molecule has 3 nitrogen and oxygen atoms in total. The minimum absolute atomic E-state index is 0.302. The van der Waals surface area contributed by atoms with Crippen molar-refractivity contribution >= 4 is 7.32 Å². The van der Waals surface area contributed by atoms with Gasteiger partial charge in [-0.15, -0.1) is 0 Å². The molecule has 0 bridgehead atoms. The van der Waals surface area contributed by atoms with Gasteiger partial charge in [-0.2, -0.15) is 0 Å². The van der Waals surface area contributed by atoms with Crippen molar-refractivity contribution in [3.05, 3.63) is 90.2 Å². The lowest BCUT2D eigenvalue weighted by Gasteiger charge is -2.16. The lowest BCUT2D eigenvalue weighted by molar-refractivity contribution is 0.306. The maximum Gasteiger partial charge on any atom is 0.864 e. The number of hydrogen-bond acceptors (Lipinski definition) is 3. The first-order valence-electron chi connectivity index (χ1n) is 7.35. The summed E-state index contributed by atoms with van der Waals surface area (Å²) in [6.45, 7) is 0. The highest BCUT2D eigenvalue weighted by Gasteiger charge is 2.30. The molecule has 0 fully saturated rings. The van der Waals surface area contributed by atoms with Gasteiger partial charge < -0.3 is 14.0 Å². The molecule has 0 N–H and O–H groups in total. The summed E-state index contributed by atoms with van der Waals surface area (Å²) in [5.41, 5.74) is 0. The van der Waals surface area contributed by atoms with Crippen LogP contribution in [0.3, 0.4) is 0 Å². The fourth-order valence-electron chi connectivity index (χ4n) is 1.94. The Morgan fingerprint density at radius 1 is 0.440 bits per heavy atom. The molecule has 0 amide bonds. The molecule has 0 spiro atoms. The first kappa shape index (κ1) is 16.8. The Morgan fingerprint density at radius 2 is 0.680 bits per heavy atom. The van der Waals surface area contributed by atoms with Crippen LogP contribution in [-0.2, 0) is 0 Å². The molecule has 0 heterocycles. The maximum atomic E-state index is 13.0. The standard InChI is InChI=1S/C18H12BF3O3/c20-13-1-7-16(8-2-13)23-19(24-17-9-3-14(21)4-10-17)25-18-11-5-15(22)6-12-18/h1-12H. The van der Waals surface area contributed by atoms with Gasteiger partial charge in [0.2, 0.25) is 0 Å². The molecule has 0 aromatic heterocycles. The zero-order valence-corrected chi connectivity index (χ0v) is 12.9. The van der Waals surface area contributed by atoms with Crippen molar-refractivity contribution in [1.29, 1.82) is 0 Å². The van der Waals surface area contributed by atoms with E-state index >= 15 is 0 Å². The zero-order chi connectivity index (χ0) is 17.6. The van der Waals surface area contributed by atoms with Gasteiger partial charge in [0.1, 0.15) is 34.7 Å². The van der Waals surface area contributed by atoms with Crippen LogP contribution in [0.25, 0.3) is 0 Å². The summed E-state index contributed by atoms with van der Waals surface area (Å²) in [5, 5.41) is 0. The number of benzene rings is 3. The minimum Gasteiger partial charge on any atom is -0.490 e. The van der Waals surface area contributed by atoms with Crippen molar-refractivity contribution in [2.24, 2.45) is 0 Å². The van der Waals surface area contributed by atoms with E-state index in [0.717, 1.165) is 0 Å². The van der Waals surface area contributed by atoms with Gasteiger partial charge in [0, 0.05) is 0 Å². The molecule has 0 aliphatic carbocycles. The minimum atomic E-state index is -1.25. The van der Waals surface area contributed by atoms with E-state index in [-0.39, 0.29) is 0 Å². The highest BCUT2D eigenvalue weighted by Crippen LogP contribution is 2.19. The van der Waals surface area contributed by atoms with Crippen LogP contribution in [0.1, 0.15) is 0 Å². The normalized spacial score (nSPS) is 10.2. The lowest BCUT2D eigenvalue weighted by atomic mass is 10.2. The fraction of sp³-hybridized carbons (Fsp3) is 0. The van der Waals surface area contributed by atoms with Gasteiger partial charge in [-0.3, -0.25) is 0 Å². The molecule has 3 rings (SSSR count). The van der Waals surface area contributed by atoms with E-state index in [1.54, 1.807) is 0 Å². The monoisotopic (exact) mass is 344 g/mol. The van der Waals surface area contributed by atoms with E-state index in [2.05, 4.69) is 0 Å². The Balaban J connectivity index is 1.77. The van der Waals surface area contributed by atoms with Gasteiger partial charge in [0.15, 0.2) is 0 Å². The van der Waals surface area contributed by atoms with E-state index in [9.17, 15) is 13.2 Å². The first-order valence-corrected chi connectivity index (χ1v) is 7.35. The zero-order valence-electron chi connectivity index (χ0n) is 12.9. The van der Waals surface area contributed by atoms with Crippen LogP contribution in [0, 0.1) is 17.5 Å². The topological polar surface area (TPSA) is 27.7 Å². The highest BCUT2D eigenvalue weighted by molar-refractivity contribution is 6.39. The summed E-state index contributed by atoms with van der Waals surface area (Å²) in [4.78, 5) is 0. The van der Waals surface area contributed by atoms with Crippen LogP contribution in [0.5, 0.6) is 17.2 Å². The summed E-state index contributed by atoms with van der Waals surface area (Å²) in [5.74, 6) is -0.338. The van der Waals surface area contributed by atoms with E-state index in [1.807, 2.05) is 0 Å². The molecule has 0 atom stereocenters. The quantitative estimate of drug-likeness (QED) is 0.611. The van der Waals surface area contributed by atoms with Crippen molar-refractivity contribution in [2.75, 3.05) is 0 Å². The van der Waals surface area contributed by atoms with E-state index in [4.69, 9.17) is 14.0 Å². The third-order valence-electron chi connectivity index (χ3n) is 3.14. The average molecular weight is 344 g/mol. The number of rotatable bonds is 6. The highest BCUT2D eigenvalue weighted by atomic mass is 19.1. The molecule has 3 aromatic rings. The van der Waals surface area contributed by atoms with Crippen molar-refractivity contribution < 1.29 is 27.1 Å². The van der Waals surface area contributed by atoms with Gasteiger partial charge in [-0.1, -0.05) is 0 Å². The van der Waals surface area contributed by atoms with Gasteiger partial charge >= 0.3 is 7.32 Å². The van der Waals surface area contributed by atoms with Crippen LogP contribution in [-0.4, -0.2) is 7.32 Å². The lowest BCUT2D eigenvalue weighted by Crippen LogP contribution is -2.37. The Hall–Kier alpha value is -3.09. The van der Waals surface area contributed by atoms with Crippen molar-refractivity contribution in [2.45, 2.75) is 0 Å². The molecule has 0 aliphatic rings. The summed E-state index contributed by atoms with van der Waals surface area (Å²) < 4.78 is 55.6. The SMILES string of the molecule is Fc1ccc(OB(Oc2ccc(F)cc2)Oc2ccc(F)cc2)cc1. The Morgan fingerprint density at radius 3 is 0.920 bits per heavy atom. The molecule has 0 unspecified atom stereocenters. The molecule has 0 saturated carbocycles. The largest absolute Gasteiger partial charge is 0.864 e. The van der Waals surface area contributed by atoms with Crippen LogP contribution in [0.4, 0.5) is 13.2 Å². The summed E-state index contributed by atoms with van der Waals surface area (Å²) >= 11 is 0. The first-order chi connectivity index (χ1) is 12.1. The molecule has 126 valence electrons. The molecule has 0 aliphatic heterocycles. The molecule has 0 radical (unpaired) electrons. The smallest absolute Gasteiger partial charge is 0.490 e. The third kappa shape index (κ3) is 4.94. The van der Waals surface area contributed by atoms with Crippen LogP contribution < -0.4 is 14.0 Å². The van der Waals surface area contributed by atoms with E-state index in [0.29, 0.717) is 17.2 Å². The Labute approximate surface area is 142 Å². The second-order valence-electron chi connectivity index (χ2n) is 5.00. The van der Waals surface area contributed by atoms with Gasteiger partial charge in [0.05, 0.1) is 0 Å². The molecular weight excluding hydrogens is 332 g/mol. The Kier molecular flexibility index (Phi) is 5.13. The summed E-state index contributed by atoms with van der Waals surface area (Å²) in [6.07, 6.45) is 0. The Bertz CT molecular complexity index is 696. The van der Waals surface area contributed by atoms with E-state index in [1.165, 1.54) is 72.8 Å².